The molecule has 1 heteroatoms. The normalized spacial score (nSPS) is 18.2. The molecular formula is C12H26N. The Morgan fingerprint density at radius 2 is 1.77 bits per heavy atom. The fourth-order valence-electron chi connectivity index (χ4n) is 1.79. The first kappa shape index (κ1) is 13.0. The standard InChI is InChI=1S/C12H26N/c1-5-8-9-11(7-3)12(13)10(4)6-2/h10-12H,4-9,13H2,1-3H3. The molecule has 0 rings (SSSR count). The van der Waals surface area contributed by atoms with E-state index in [2.05, 4.69) is 27.7 Å². The number of rotatable bonds is 7. The molecule has 0 amide bonds. The molecule has 0 aromatic rings. The van der Waals surface area contributed by atoms with Gasteiger partial charge in [-0.25, -0.2) is 0 Å². The molecule has 0 saturated carbocycles. The van der Waals surface area contributed by atoms with E-state index < -0.39 is 0 Å². The second kappa shape index (κ2) is 7.37. The second-order valence-electron chi connectivity index (χ2n) is 4.06. The molecule has 0 aromatic carbocycles. The molecule has 0 aromatic heterocycles. The van der Waals surface area contributed by atoms with Crippen LogP contribution in [0.15, 0.2) is 0 Å². The van der Waals surface area contributed by atoms with Crippen LogP contribution < -0.4 is 5.73 Å². The van der Waals surface area contributed by atoms with Crippen molar-refractivity contribution in [3.05, 3.63) is 6.92 Å². The average molecular weight is 184 g/mol. The molecule has 0 aliphatic rings. The van der Waals surface area contributed by atoms with Crippen LogP contribution in [0, 0.1) is 18.8 Å². The zero-order valence-corrected chi connectivity index (χ0v) is 9.55. The maximum absolute atomic E-state index is 6.16. The molecule has 0 aliphatic heterocycles. The molecule has 3 atom stereocenters. The highest BCUT2D eigenvalue weighted by Gasteiger charge is 2.19. The van der Waals surface area contributed by atoms with E-state index >= 15 is 0 Å². The molecule has 13 heavy (non-hydrogen) atoms. The van der Waals surface area contributed by atoms with E-state index in [0.29, 0.717) is 17.9 Å². The third-order valence-corrected chi connectivity index (χ3v) is 3.07. The molecule has 79 valence electrons. The Kier molecular flexibility index (Phi) is 7.35. The van der Waals surface area contributed by atoms with Crippen molar-refractivity contribution < 1.29 is 0 Å². The Morgan fingerprint density at radius 1 is 1.15 bits per heavy atom. The van der Waals surface area contributed by atoms with Gasteiger partial charge in [-0.15, -0.1) is 0 Å². The lowest BCUT2D eigenvalue weighted by atomic mass is 9.84. The molecule has 2 N–H and O–H groups in total. The van der Waals surface area contributed by atoms with Crippen LogP contribution in [0.3, 0.4) is 0 Å². The highest BCUT2D eigenvalue weighted by molar-refractivity contribution is 4.80. The van der Waals surface area contributed by atoms with Crippen LogP contribution in [-0.4, -0.2) is 6.04 Å². The van der Waals surface area contributed by atoms with Crippen LogP contribution in [0.2, 0.25) is 0 Å². The van der Waals surface area contributed by atoms with Gasteiger partial charge in [0.2, 0.25) is 0 Å². The van der Waals surface area contributed by atoms with Gasteiger partial charge in [0.15, 0.2) is 0 Å². The maximum atomic E-state index is 6.16. The Balaban J connectivity index is 3.90. The van der Waals surface area contributed by atoms with Gasteiger partial charge in [-0.1, -0.05) is 46.5 Å². The van der Waals surface area contributed by atoms with Gasteiger partial charge in [0.05, 0.1) is 0 Å². The first-order valence-corrected chi connectivity index (χ1v) is 5.75. The summed E-state index contributed by atoms with van der Waals surface area (Å²) in [6, 6.07) is 0.307. The van der Waals surface area contributed by atoms with Crippen molar-refractivity contribution >= 4 is 0 Å². The van der Waals surface area contributed by atoms with E-state index in [1.165, 1.54) is 25.7 Å². The third-order valence-electron chi connectivity index (χ3n) is 3.07. The molecule has 0 fully saturated rings. The predicted molar refractivity (Wildman–Crippen MR) is 60.4 cm³/mol. The van der Waals surface area contributed by atoms with Gasteiger partial charge in [0.1, 0.15) is 0 Å². The van der Waals surface area contributed by atoms with Gasteiger partial charge in [0.25, 0.3) is 0 Å². The molecule has 1 nitrogen and oxygen atoms in total. The molecular weight excluding hydrogens is 158 g/mol. The van der Waals surface area contributed by atoms with Gasteiger partial charge in [-0.3, -0.25) is 0 Å². The predicted octanol–water partition coefficient (Wildman–Crippen LogP) is 3.39. The fraction of sp³-hybridized carbons (Fsp3) is 0.917. The topological polar surface area (TPSA) is 26.0 Å². The van der Waals surface area contributed by atoms with Crippen LogP contribution in [0.25, 0.3) is 0 Å². The monoisotopic (exact) mass is 184 g/mol. The minimum atomic E-state index is 0.307. The molecule has 0 aliphatic carbocycles. The smallest absolute Gasteiger partial charge is 0.00954 e. The molecule has 1 radical (unpaired) electrons. The van der Waals surface area contributed by atoms with E-state index in [4.69, 9.17) is 5.73 Å². The maximum Gasteiger partial charge on any atom is 0.00954 e. The molecule has 0 bridgehead atoms. The molecule has 0 spiro atoms. The summed E-state index contributed by atoms with van der Waals surface area (Å²) in [5.74, 6) is 1.12. The van der Waals surface area contributed by atoms with Crippen LogP contribution in [0.4, 0.5) is 0 Å². The molecule has 3 unspecified atom stereocenters. The molecule has 0 heterocycles. The number of hydrogen-bond acceptors (Lipinski definition) is 1. The van der Waals surface area contributed by atoms with Crippen LogP contribution in [0.5, 0.6) is 0 Å². The Hall–Kier alpha value is -0.0400. The van der Waals surface area contributed by atoms with E-state index in [1.807, 2.05) is 0 Å². The summed E-state index contributed by atoms with van der Waals surface area (Å²) in [6.45, 7) is 10.8. The van der Waals surface area contributed by atoms with E-state index in [9.17, 15) is 0 Å². The number of unbranched alkanes of at least 4 members (excludes halogenated alkanes) is 1. The van der Waals surface area contributed by atoms with Gasteiger partial charge in [-0.2, -0.15) is 0 Å². The van der Waals surface area contributed by atoms with Crippen molar-refractivity contribution in [1.29, 1.82) is 0 Å². The van der Waals surface area contributed by atoms with Gasteiger partial charge < -0.3 is 5.73 Å². The summed E-state index contributed by atoms with van der Waals surface area (Å²) >= 11 is 0. The van der Waals surface area contributed by atoms with Crippen molar-refractivity contribution in [1.82, 2.24) is 0 Å². The largest absolute Gasteiger partial charge is 0.327 e. The zero-order chi connectivity index (χ0) is 10.3. The number of nitrogens with two attached hydrogens (primary N) is 1. The highest BCUT2D eigenvalue weighted by Crippen LogP contribution is 2.21. The summed E-state index contributed by atoms with van der Waals surface area (Å²) in [6.07, 6.45) is 6.16. The zero-order valence-electron chi connectivity index (χ0n) is 9.55. The SMILES string of the molecule is [CH2]C(CC)C(N)C(CC)CCCC. The average Bonchev–Trinajstić information content (AvgIpc) is 2.17. The lowest BCUT2D eigenvalue weighted by Crippen LogP contribution is -2.36. The van der Waals surface area contributed by atoms with Gasteiger partial charge in [0, 0.05) is 6.04 Å². The summed E-state index contributed by atoms with van der Waals surface area (Å²) in [5, 5.41) is 0. The van der Waals surface area contributed by atoms with Crippen molar-refractivity contribution in [2.75, 3.05) is 0 Å². The highest BCUT2D eigenvalue weighted by atomic mass is 14.7. The quantitative estimate of drug-likeness (QED) is 0.645. The minimum Gasteiger partial charge on any atom is -0.327 e. The lowest BCUT2D eigenvalue weighted by molar-refractivity contribution is 0.308. The van der Waals surface area contributed by atoms with Crippen LogP contribution >= 0.6 is 0 Å². The Labute approximate surface area is 84.1 Å². The van der Waals surface area contributed by atoms with Crippen molar-refractivity contribution in [2.45, 2.75) is 58.9 Å². The summed E-state index contributed by atoms with van der Waals surface area (Å²) < 4.78 is 0. The summed E-state index contributed by atoms with van der Waals surface area (Å²) in [5.41, 5.74) is 6.16. The van der Waals surface area contributed by atoms with Crippen LogP contribution in [0.1, 0.15) is 52.9 Å². The van der Waals surface area contributed by atoms with E-state index in [1.54, 1.807) is 0 Å². The van der Waals surface area contributed by atoms with Crippen molar-refractivity contribution in [3.8, 4) is 0 Å². The minimum absolute atomic E-state index is 0.307. The third kappa shape index (κ3) is 4.66. The first-order chi connectivity index (χ1) is 6.17. The van der Waals surface area contributed by atoms with E-state index in [-0.39, 0.29) is 0 Å². The van der Waals surface area contributed by atoms with Gasteiger partial charge in [-0.05, 0) is 25.2 Å². The summed E-state index contributed by atoms with van der Waals surface area (Å²) in [4.78, 5) is 0. The first-order valence-electron chi connectivity index (χ1n) is 5.75. The fourth-order valence-corrected chi connectivity index (χ4v) is 1.79. The van der Waals surface area contributed by atoms with E-state index in [0.717, 1.165) is 6.42 Å². The number of hydrogen-bond donors (Lipinski definition) is 1. The Bertz CT molecular complexity index is 112. The van der Waals surface area contributed by atoms with Gasteiger partial charge >= 0.3 is 0 Å². The molecule has 0 saturated heterocycles. The van der Waals surface area contributed by atoms with Crippen molar-refractivity contribution in [3.63, 3.8) is 0 Å². The second-order valence-corrected chi connectivity index (χ2v) is 4.06. The van der Waals surface area contributed by atoms with Crippen LogP contribution in [-0.2, 0) is 0 Å². The lowest BCUT2D eigenvalue weighted by Gasteiger charge is -2.27. The Morgan fingerprint density at radius 3 is 2.15 bits per heavy atom. The summed E-state index contributed by atoms with van der Waals surface area (Å²) in [7, 11) is 0. The van der Waals surface area contributed by atoms with Crippen molar-refractivity contribution in [2.24, 2.45) is 17.6 Å².